The molecule has 0 fully saturated rings. The van der Waals surface area contributed by atoms with Gasteiger partial charge in [-0.15, -0.1) is 0 Å². The zero-order valence-electron chi connectivity index (χ0n) is 8.33. The maximum Gasteiger partial charge on any atom is 0.312 e. The first kappa shape index (κ1) is 10.5. The Morgan fingerprint density at radius 2 is 2.40 bits per heavy atom. The third-order valence-corrected chi connectivity index (χ3v) is 2.96. The largest absolute Gasteiger partial charge is 0.492 e. The molecule has 1 aliphatic rings. The minimum Gasteiger partial charge on any atom is -0.492 e. The lowest BCUT2D eigenvalue weighted by Gasteiger charge is -2.23. The van der Waals surface area contributed by atoms with Crippen LogP contribution in [-0.2, 0) is 16.0 Å². The highest BCUT2D eigenvalue weighted by Gasteiger charge is 2.26. The lowest BCUT2D eigenvalue weighted by atomic mass is 9.97. The minimum absolute atomic E-state index is 0.184. The molecule has 0 radical (unpaired) electrons. The van der Waals surface area contributed by atoms with E-state index < -0.39 is 0 Å². The number of esters is 1. The summed E-state index contributed by atoms with van der Waals surface area (Å²) >= 11 is 3.39. The molecule has 0 bridgehead atoms. The summed E-state index contributed by atoms with van der Waals surface area (Å²) in [6, 6.07) is 5.81. The van der Waals surface area contributed by atoms with Crippen LogP contribution in [0.4, 0.5) is 0 Å². The quantitative estimate of drug-likeness (QED) is 0.734. The van der Waals surface area contributed by atoms with Crippen molar-refractivity contribution in [3.05, 3.63) is 28.2 Å². The third-order valence-electron chi connectivity index (χ3n) is 2.46. The van der Waals surface area contributed by atoms with Gasteiger partial charge in [0.2, 0.25) is 0 Å². The van der Waals surface area contributed by atoms with E-state index >= 15 is 0 Å². The molecule has 80 valence electrons. The van der Waals surface area contributed by atoms with Crippen molar-refractivity contribution in [1.29, 1.82) is 0 Å². The topological polar surface area (TPSA) is 35.5 Å². The van der Waals surface area contributed by atoms with Crippen LogP contribution < -0.4 is 4.74 Å². The van der Waals surface area contributed by atoms with E-state index in [-0.39, 0.29) is 11.9 Å². The van der Waals surface area contributed by atoms with Crippen molar-refractivity contribution in [2.45, 2.75) is 6.42 Å². The number of fused-ring (bicyclic) bond motifs is 1. The number of benzene rings is 1. The van der Waals surface area contributed by atoms with Gasteiger partial charge in [-0.25, -0.2) is 0 Å². The Hall–Kier alpha value is -1.03. The summed E-state index contributed by atoms with van der Waals surface area (Å²) in [5.74, 6) is 0.468. The predicted octanol–water partition coefficient (Wildman–Crippen LogP) is 2.17. The molecule has 1 atom stereocenters. The van der Waals surface area contributed by atoms with Crippen molar-refractivity contribution in [3.8, 4) is 5.75 Å². The predicted molar refractivity (Wildman–Crippen MR) is 58.8 cm³/mol. The molecule has 0 saturated heterocycles. The van der Waals surface area contributed by atoms with Crippen molar-refractivity contribution in [2.24, 2.45) is 5.92 Å². The molecule has 15 heavy (non-hydrogen) atoms. The van der Waals surface area contributed by atoms with E-state index in [4.69, 9.17) is 9.47 Å². The smallest absolute Gasteiger partial charge is 0.312 e. The maximum atomic E-state index is 11.3. The van der Waals surface area contributed by atoms with E-state index in [9.17, 15) is 4.79 Å². The van der Waals surface area contributed by atoms with Crippen LogP contribution >= 0.6 is 15.9 Å². The van der Waals surface area contributed by atoms with E-state index in [1.165, 1.54) is 7.11 Å². The standard InChI is InChI=1S/C11H11BrO3/c1-14-11(13)8-4-7-5-9(12)2-3-10(7)15-6-8/h2-3,5,8H,4,6H2,1H3. The Morgan fingerprint density at radius 3 is 3.13 bits per heavy atom. The van der Waals surface area contributed by atoms with Crippen LogP contribution in [0.2, 0.25) is 0 Å². The summed E-state index contributed by atoms with van der Waals surface area (Å²) in [6.07, 6.45) is 0.682. The van der Waals surface area contributed by atoms with E-state index in [1.807, 2.05) is 18.2 Å². The Bertz CT molecular complexity index is 389. The lowest BCUT2D eigenvalue weighted by molar-refractivity contribution is -0.146. The highest BCUT2D eigenvalue weighted by Crippen LogP contribution is 2.30. The van der Waals surface area contributed by atoms with Gasteiger partial charge >= 0.3 is 5.97 Å². The van der Waals surface area contributed by atoms with E-state index in [1.54, 1.807) is 0 Å². The van der Waals surface area contributed by atoms with Crippen molar-refractivity contribution >= 4 is 21.9 Å². The van der Waals surface area contributed by atoms with Gasteiger partial charge in [0.05, 0.1) is 13.0 Å². The molecule has 1 heterocycles. The first-order chi connectivity index (χ1) is 7.20. The van der Waals surface area contributed by atoms with E-state index in [0.717, 1.165) is 15.8 Å². The number of carbonyl (C=O) groups is 1. The summed E-state index contributed by atoms with van der Waals surface area (Å²) in [4.78, 5) is 11.3. The molecule has 1 aromatic rings. The van der Waals surface area contributed by atoms with Crippen LogP contribution in [0.5, 0.6) is 5.75 Å². The number of halogens is 1. The second-order valence-corrected chi connectivity index (χ2v) is 4.40. The van der Waals surface area contributed by atoms with Crippen LogP contribution in [0.3, 0.4) is 0 Å². The number of hydrogen-bond acceptors (Lipinski definition) is 3. The average molecular weight is 271 g/mol. The molecule has 1 unspecified atom stereocenters. The van der Waals surface area contributed by atoms with Crippen molar-refractivity contribution < 1.29 is 14.3 Å². The van der Waals surface area contributed by atoms with Crippen molar-refractivity contribution in [3.63, 3.8) is 0 Å². The summed E-state index contributed by atoms with van der Waals surface area (Å²) in [6.45, 7) is 0.404. The van der Waals surface area contributed by atoms with Gasteiger partial charge < -0.3 is 9.47 Å². The Morgan fingerprint density at radius 1 is 1.60 bits per heavy atom. The molecule has 0 spiro atoms. The normalized spacial score (nSPS) is 18.9. The molecule has 0 saturated carbocycles. The highest BCUT2D eigenvalue weighted by atomic mass is 79.9. The van der Waals surface area contributed by atoms with Gasteiger partial charge in [-0.1, -0.05) is 15.9 Å². The van der Waals surface area contributed by atoms with Gasteiger partial charge in [0.1, 0.15) is 12.4 Å². The van der Waals surface area contributed by atoms with Crippen LogP contribution in [-0.4, -0.2) is 19.7 Å². The number of rotatable bonds is 1. The van der Waals surface area contributed by atoms with Gasteiger partial charge in [-0.3, -0.25) is 4.79 Å². The molecule has 0 amide bonds. The first-order valence-corrected chi connectivity index (χ1v) is 5.49. The van der Waals surface area contributed by atoms with E-state index in [2.05, 4.69) is 15.9 Å². The molecule has 2 rings (SSSR count). The van der Waals surface area contributed by atoms with Gasteiger partial charge in [0.25, 0.3) is 0 Å². The first-order valence-electron chi connectivity index (χ1n) is 4.70. The third kappa shape index (κ3) is 2.15. The molecular weight excluding hydrogens is 260 g/mol. The molecular formula is C11H11BrO3. The molecule has 0 aliphatic carbocycles. The maximum absolute atomic E-state index is 11.3. The fourth-order valence-electron chi connectivity index (χ4n) is 1.68. The van der Waals surface area contributed by atoms with Gasteiger partial charge in [0.15, 0.2) is 0 Å². The summed E-state index contributed by atoms with van der Waals surface area (Å²) in [5.41, 5.74) is 1.05. The molecule has 1 aromatic carbocycles. The monoisotopic (exact) mass is 270 g/mol. The van der Waals surface area contributed by atoms with Crippen molar-refractivity contribution in [2.75, 3.05) is 13.7 Å². The number of methoxy groups -OCH3 is 1. The zero-order chi connectivity index (χ0) is 10.8. The zero-order valence-corrected chi connectivity index (χ0v) is 9.91. The average Bonchev–Trinajstić information content (AvgIpc) is 2.27. The van der Waals surface area contributed by atoms with Gasteiger partial charge in [0, 0.05) is 4.47 Å². The second kappa shape index (κ2) is 4.23. The molecule has 3 nitrogen and oxygen atoms in total. The number of carbonyl (C=O) groups excluding carboxylic acids is 1. The fourth-order valence-corrected chi connectivity index (χ4v) is 2.09. The van der Waals surface area contributed by atoms with Crippen LogP contribution in [0, 0.1) is 5.92 Å². The molecule has 4 heteroatoms. The van der Waals surface area contributed by atoms with Gasteiger partial charge in [-0.05, 0) is 30.2 Å². The summed E-state index contributed by atoms with van der Waals surface area (Å²) < 4.78 is 11.2. The second-order valence-electron chi connectivity index (χ2n) is 3.49. The fraction of sp³-hybridized carbons (Fsp3) is 0.364. The van der Waals surface area contributed by atoms with Gasteiger partial charge in [-0.2, -0.15) is 0 Å². The lowest BCUT2D eigenvalue weighted by Crippen LogP contribution is -2.29. The van der Waals surface area contributed by atoms with Crippen LogP contribution in [0.1, 0.15) is 5.56 Å². The van der Waals surface area contributed by atoms with Crippen molar-refractivity contribution in [1.82, 2.24) is 0 Å². The highest BCUT2D eigenvalue weighted by molar-refractivity contribution is 9.10. The summed E-state index contributed by atoms with van der Waals surface area (Å²) in [7, 11) is 1.40. The van der Waals surface area contributed by atoms with Crippen LogP contribution in [0.25, 0.3) is 0 Å². The minimum atomic E-state index is -0.208. The molecule has 0 N–H and O–H groups in total. The number of ether oxygens (including phenoxy) is 2. The van der Waals surface area contributed by atoms with Crippen LogP contribution in [0.15, 0.2) is 22.7 Å². The Labute approximate surface area is 96.5 Å². The summed E-state index contributed by atoms with van der Waals surface area (Å²) in [5, 5.41) is 0. The van der Waals surface area contributed by atoms with E-state index in [0.29, 0.717) is 13.0 Å². The molecule has 1 aliphatic heterocycles. The Kier molecular flexibility index (Phi) is 2.95. The number of hydrogen-bond donors (Lipinski definition) is 0. The SMILES string of the molecule is COC(=O)C1COc2ccc(Br)cc2C1. The Balaban J connectivity index is 2.22. The molecule has 0 aromatic heterocycles.